The molecule has 1 aliphatic heterocycles. The summed E-state index contributed by atoms with van der Waals surface area (Å²) in [5.41, 5.74) is 0.826. The van der Waals surface area contributed by atoms with Gasteiger partial charge < -0.3 is 15.0 Å². The van der Waals surface area contributed by atoms with Gasteiger partial charge in [0.15, 0.2) is 0 Å². The first-order valence-electron chi connectivity index (χ1n) is 7.54. The Kier molecular flexibility index (Phi) is 5.61. The van der Waals surface area contributed by atoms with Crippen molar-refractivity contribution >= 4 is 16.1 Å². The van der Waals surface area contributed by atoms with E-state index < -0.39 is 10.0 Å². The first kappa shape index (κ1) is 17.7. The molecule has 0 saturated carbocycles. The van der Waals surface area contributed by atoms with Crippen molar-refractivity contribution in [1.82, 2.24) is 10.2 Å². The van der Waals surface area contributed by atoms with Crippen molar-refractivity contribution in [2.45, 2.75) is 36.8 Å². The quantitative estimate of drug-likeness (QED) is 0.840. The zero-order chi connectivity index (χ0) is 17.0. The summed E-state index contributed by atoms with van der Waals surface area (Å²) in [6.07, 6.45) is 2.09. The normalized spacial score (nSPS) is 19.3. The molecule has 2 rings (SSSR count). The monoisotopic (exact) mass is 341 g/mol. The SMILES string of the molecule is C[C@@H](c1ccc(S(N)(=O)=O)cc1)N(C)C(=O)NC[C@H]1CCCO1. The second-order valence-electron chi connectivity index (χ2n) is 5.72. The van der Waals surface area contributed by atoms with Gasteiger partial charge >= 0.3 is 6.03 Å². The first-order chi connectivity index (χ1) is 10.8. The number of nitrogens with two attached hydrogens (primary N) is 1. The number of urea groups is 1. The van der Waals surface area contributed by atoms with Gasteiger partial charge in [0.2, 0.25) is 10.0 Å². The topological polar surface area (TPSA) is 102 Å². The van der Waals surface area contributed by atoms with E-state index in [1.165, 1.54) is 12.1 Å². The summed E-state index contributed by atoms with van der Waals surface area (Å²) in [4.78, 5) is 13.8. The summed E-state index contributed by atoms with van der Waals surface area (Å²) in [5.74, 6) is 0. The minimum absolute atomic E-state index is 0.0546. The van der Waals surface area contributed by atoms with Crippen molar-refractivity contribution in [3.8, 4) is 0 Å². The van der Waals surface area contributed by atoms with E-state index in [2.05, 4.69) is 5.32 Å². The van der Waals surface area contributed by atoms with Crippen LogP contribution in [0.1, 0.15) is 31.4 Å². The molecule has 1 aromatic carbocycles. The van der Waals surface area contributed by atoms with Gasteiger partial charge in [-0.15, -0.1) is 0 Å². The molecule has 1 aliphatic rings. The lowest BCUT2D eigenvalue weighted by molar-refractivity contribution is 0.108. The largest absolute Gasteiger partial charge is 0.376 e. The van der Waals surface area contributed by atoms with Crippen LogP contribution in [0, 0.1) is 0 Å². The molecule has 0 spiro atoms. The van der Waals surface area contributed by atoms with Crippen molar-refractivity contribution in [2.75, 3.05) is 20.2 Å². The van der Waals surface area contributed by atoms with Crippen LogP contribution in [0.2, 0.25) is 0 Å². The molecule has 23 heavy (non-hydrogen) atoms. The highest BCUT2D eigenvalue weighted by molar-refractivity contribution is 7.89. The Labute approximate surface area is 136 Å². The standard InChI is InChI=1S/C15H23N3O4S/c1-11(12-5-7-14(8-6-12)23(16,20)21)18(2)15(19)17-10-13-4-3-9-22-13/h5-8,11,13H,3-4,9-10H2,1-2H3,(H,17,19)(H2,16,20,21)/t11-,13+/m0/s1. The molecule has 1 aromatic rings. The molecule has 0 aliphatic carbocycles. The van der Waals surface area contributed by atoms with Gasteiger partial charge in [0, 0.05) is 20.2 Å². The van der Waals surface area contributed by atoms with Crippen LogP contribution >= 0.6 is 0 Å². The Bertz CT molecular complexity index is 639. The van der Waals surface area contributed by atoms with Crippen LogP contribution in [0.5, 0.6) is 0 Å². The molecule has 1 fully saturated rings. The highest BCUT2D eigenvalue weighted by Crippen LogP contribution is 2.20. The molecule has 0 bridgehead atoms. The number of amides is 2. The fraction of sp³-hybridized carbons (Fsp3) is 0.533. The summed E-state index contributed by atoms with van der Waals surface area (Å²) >= 11 is 0. The van der Waals surface area contributed by atoms with E-state index in [-0.39, 0.29) is 23.1 Å². The summed E-state index contributed by atoms with van der Waals surface area (Å²) in [5, 5.41) is 7.93. The van der Waals surface area contributed by atoms with Gasteiger partial charge in [-0.2, -0.15) is 0 Å². The number of primary sulfonamides is 1. The molecule has 2 atom stereocenters. The van der Waals surface area contributed by atoms with Crippen LogP contribution < -0.4 is 10.5 Å². The van der Waals surface area contributed by atoms with Crippen molar-refractivity contribution in [1.29, 1.82) is 0 Å². The number of hydrogen-bond donors (Lipinski definition) is 2. The fourth-order valence-electron chi connectivity index (χ4n) is 2.47. The number of sulfonamides is 1. The maximum atomic E-state index is 12.2. The van der Waals surface area contributed by atoms with Gasteiger partial charge in [-0.05, 0) is 37.5 Å². The molecule has 1 saturated heterocycles. The van der Waals surface area contributed by atoms with E-state index in [9.17, 15) is 13.2 Å². The summed E-state index contributed by atoms with van der Waals surface area (Å²) in [6.45, 7) is 3.13. The molecule has 3 N–H and O–H groups in total. The molecule has 7 nitrogen and oxygen atoms in total. The van der Waals surface area contributed by atoms with Crippen LogP contribution in [0.25, 0.3) is 0 Å². The highest BCUT2D eigenvalue weighted by atomic mass is 32.2. The van der Waals surface area contributed by atoms with E-state index in [1.807, 2.05) is 6.92 Å². The van der Waals surface area contributed by atoms with Crippen LogP contribution in [0.4, 0.5) is 4.79 Å². The van der Waals surface area contributed by atoms with E-state index in [4.69, 9.17) is 9.88 Å². The average Bonchev–Trinajstić information content (AvgIpc) is 3.04. The molecule has 2 amide bonds. The Morgan fingerprint density at radius 2 is 2.09 bits per heavy atom. The maximum Gasteiger partial charge on any atom is 0.317 e. The zero-order valence-corrected chi connectivity index (χ0v) is 14.2. The molecular weight excluding hydrogens is 318 g/mol. The van der Waals surface area contributed by atoms with Gasteiger partial charge in [-0.1, -0.05) is 12.1 Å². The van der Waals surface area contributed by atoms with Gasteiger partial charge in [0.05, 0.1) is 17.0 Å². The van der Waals surface area contributed by atoms with Crippen LogP contribution in [0.15, 0.2) is 29.2 Å². The summed E-state index contributed by atoms with van der Waals surface area (Å²) in [6, 6.07) is 5.82. The van der Waals surface area contributed by atoms with Crippen molar-refractivity contribution in [3.63, 3.8) is 0 Å². The second-order valence-corrected chi connectivity index (χ2v) is 7.28. The highest BCUT2D eigenvalue weighted by Gasteiger charge is 2.21. The van der Waals surface area contributed by atoms with Crippen LogP contribution in [-0.4, -0.2) is 45.7 Å². The van der Waals surface area contributed by atoms with Crippen LogP contribution in [-0.2, 0) is 14.8 Å². The Morgan fingerprint density at radius 3 is 2.61 bits per heavy atom. The molecule has 0 aromatic heterocycles. The minimum atomic E-state index is -3.71. The van der Waals surface area contributed by atoms with E-state index in [0.717, 1.165) is 25.0 Å². The van der Waals surface area contributed by atoms with Gasteiger partial charge in [0.1, 0.15) is 0 Å². The van der Waals surface area contributed by atoms with Crippen molar-refractivity contribution in [2.24, 2.45) is 5.14 Å². The second kappa shape index (κ2) is 7.29. The van der Waals surface area contributed by atoms with Crippen molar-refractivity contribution in [3.05, 3.63) is 29.8 Å². The lowest BCUT2D eigenvalue weighted by atomic mass is 10.1. The summed E-state index contributed by atoms with van der Waals surface area (Å²) in [7, 11) is -2.01. The molecule has 8 heteroatoms. The predicted octanol–water partition coefficient (Wildman–Crippen LogP) is 1.22. The number of carbonyl (C=O) groups is 1. The lowest BCUT2D eigenvalue weighted by Crippen LogP contribution is -2.41. The van der Waals surface area contributed by atoms with Crippen LogP contribution in [0.3, 0.4) is 0 Å². The number of ether oxygens (including phenoxy) is 1. The lowest BCUT2D eigenvalue weighted by Gasteiger charge is -2.26. The Balaban J connectivity index is 1.95. The molecule has 0 unspecified atom stereocenters. The van der Waals surface area contributed by atoms with Gasteiger partial charge in [0.25, 0.3) is 0 Å². The van der Waals surface area contributed by atoms with E-state index in [1.54, 1.807) is 24.1 Å². The Hall–Kier alpha value is -1.64. The van der Waals surface area contributed by atoms with E-state index in [0.29, 0.717) is 6.54 Å². The number of rotatable bonds is 5. The van der Waals surface area contributed by atoms with Crippen molar-refractivity contribution < 1.29 is 17.9 Å². The average molecular weight is 341 g/mol. The number of hydrogen-bond acceptors (Lipinski definition) is 4. The Morgan fingerprint density at radius 1 is 1.43 bits per heavy atom. The van der Waals surface area contributed by atoms with E-state index >= 15 is 0 Å². The third kappa shape index (κ3) is 4.66. The minimum Gasteiger partial charge on any atom is -0.376 e. The molecular formula is C15H23N3O4S. The number of benzene rings is 1. The predicted molar refractivity (Wildman–Crippen MR) is 86.4 cm³/mol. The van der Waals surface area contributed by atoms with Gasteiger partial charge in [-0.25, -0.2) is 18.4 Å². The fourth-order valence-corrected chi connectivity index (χ4v) is 2.98. The number of nitrogens with zero attached hydrogens (tertiary/aromatic N) is 1. The summed E-state index contributed by atoms with van der Waals surface area (Å²) < 4.78 is 28.0. The maximum absolute atomic E-state index is 12.2. The zero-order valence-electron chi connectivity index (χ0n) is 13.4. The third-order valence-electron chi connectivity index (χ3n) is 4.10. The molecule has 128 valence electrons. The molecule has 1 heterocycles. The van der Waals surface area contributed by atoms with Gasteiger partial charge in [-0.3, -0.25) is 0 Å². The number of nitrogens with one attached hydrogen (secondary N) is 1. The number of carbonyl (C=O) groups excluding carboxylic acids is 1. The smallest absolute Gasteiger partial charge is 0.317 e. The molecule has 0 radical (unpaired) electrons. The third-order valence-corrected chi connectivity index (χ3v) is 5.03. The first-order valence-corrected chi connectivity index (χ1v) is 9.08.